The van der Waals surface area contributed by atoms with Crippen LogP contribution in [0.3, 0.4) is 0 Å². The summed E-state index contributed by atoms with van der Waals surface area (Å²) in [5.41, 5.74) is 2.05. The largest absolute Gasteiger partial charge is 0.350 e. The first kappa shape index (κ1) is 21.5. The van der Waals surface area contributed by atoms with Crippen LogP contribution >= 0.6 is 0 Å². The van der Waals surface area contributed by atoms with Crippen molar-refractivity contribution in [3.63, 3.8) is 0 Å². The van der Waals surface area contributed by atoms with Gasteiger partial charge in [-0.2, -0.15) is 0 Å². The first-order chi connectivity index (χ1) is 14.3. The van der Waals surface area contributed by atoms with Crippen molar-refractivity contribution in [2.24, 2.45) is 5.92 Å². The molecule has 3 rings (SSSR count). The maximum atomic E-state index is 13.0. The Morgan fingerprint density at radius 1 is 1.07 bits per heavy atom. The molecule has 6 nitrogen and oxygen atoms in total. The Kier molecular flexibility index (Phi) is 6.82. The maximum Gasteiger partial charge on any atom is 0.251 e. The molecular weight excluding hydrogens is 385 g/mol. The first-order valence-electron chi connectivity index (χ1n) is 10.1. The predicted molar refractivity (Wildman–Crippen MR) is 112 cm³/mol. The fraction of sp³-hybridized carbons (Fsp3) is 0.348. The van der Waals surface area contributed by atoms with Gasteiger partial charge < -0.3 is 15.5 Å². The Morgan fingerprint density at radius 2 is 1.73 bits per heavy atom. The summed E-state index contributed by atoms with van der Waals surface area (Å²) in [4.78, 5) is 38.7. The van der Waals surface area contributed by atoms with E-state index in [-0.39, 0.29) is 17.7 Å². The Labute approximate surface area is 175 Å². The van der Waals surface area contributed by atoms with E-state index in [1.807, 2.05) is 38.1 Å². The summed E-state index contributed by atoms with van der Waals surface area (Å²) in [5.74, 6) is -1.14. The summed E-state index contributed by atoms with van der Waals surface area (Å²) >= 11 is 0. The number of anilines is 1. The van der Waals surface area contributed by atoms with E-state index in [4.69, 9.17) is 0 Å². The molecule has 1 saturated heterocycles. The highest BCUT2D eigenvalue weighted by molar-refractivity contribution is 5.97. The maximum absolute atomic E-state index is 13.0. The number of amides is 3. The molecule has 30 heavy (non-hydrogen) atoms. The summed E-state index contributed by atoms with van der Waals surface area (Å²) in [6.45, 7) is 4.73. The van der Waals surface area contributed by atoms with Gasteiger partial charge in [0.1, 0.15) is 11.9 Å². The number of halogens is 1. The van der Waals surface area contributed by atoms with Crippen LogP contribution in [0.5, 0.6) is 0 Å². The van der Waals surface area contributed by atoms with Gasteiger partial charge >= 0.3 is 0 Å². The molecule has 158 valence electrons. The van der Waals surface area contributed by atoms with Crippen molar-refractivity contribution < 1.29 is 18.8 Å². The highest BCUT2D eigenvalue weighted by atomic mass is 19.1. The zero-order chi connectivity index (χ0) is 21.7. The number of nitrogens with zero attached hydrogens (tertiary/aromatic N) is 1. The number of hydrogen-bond donors (Lipinski definition) is 2. The van der Waals surface area contributed by atoms with Gasteiger partial charge in [-0.3, -0.25) is 14.4 Å². The van der Waals surface area contributed by atoms with E-state index in [0.717, 1.165) is 24.2 Å². The fourth-order valence-electron chi connectivity index (χ4n) is 3.37. The first-order valence-corrected chi connectivity index (χ1v) is 10.1. The number of benzene rings is 2. The van der Waals surface area contributed by atoms with Crippen LogP contribution in [0, 0.1) is 11.7 Å². The van der Waals surface area contributed by atoms with Gasteiger partial charge in [0.2, 0.25) is 11.8 Å². The van der Waals surface area contributed by atoms with E-state index < -0.39 is 17.8 Å². The van der Waals surface area contributed by atoms with Crippen molar-refractivity contribution >= 4 is 23.4 Å². The molecule has 0 radical (unpaired) electrons. The molecule has 1 atom stereocenters. The van der Waals surface area contributed by atoms with E-state index in [2.05, 4.69) is 10.6 Å². The van der Waals surface area contributed by atoms with E-state index in [1.165, 1.54) is 24.3 Å². The number of nitrogens with one attached hydrogen (secondary N) is 2. The van der Waals surface area contributed by atoms with Gasteiger partial charge in [0.25, 0.3) is 5.91 Å². The van der Waals surface area contributed by atoms with Crippen molar-refractivity contribution in [1.29, 1.82) is 0 Å². The second-order valence-corrected chi connectivity index (χ2v) is 7.74. The number of carbonyl (C=O) groups excluding carboxylic acids is 3. The lowest BCUT2D eigenvalue weighted by Gasteiger charge is -2.22. The van der Waals surface area contributed by atoms with Crippen LogP contribution in [-0.4, -0.2) is 30.3 Å². The van der Waals surface area contributed by atoms with Crippen LogP contribution in [0.1, 0.15) is 42.6 Å². The minimum absolute atomic E-state index is 0.127. The molecule has 3 amide bonds. The Bertz CT molecular complexity index is 910. The van der Waals surface area contributed by atoms with Crippen LogP contribution in [-0.2, 0) is 16.1 Å². The summed E-state index contributed by atoms with van der Waals surface area (Å²) in [7, 11) is 0. The Balaban J connectivity index is 1.57. The van der Waals surface area contributed by atoms with E-state index in [0.29, 0.717) is 18.5 Å². The van der Waals surface area contributed by atoms with Crippen molar-refractivity contribution in [1.82, 2.24) is 10.6 Å². The molecule has 0 unspecified atom stereocenters. The molecular formula is C23H26FN3O3. The number of rotatable bonds is 7. The summed E-state index contributed by atoms with van der Waals surface area (Å²) in [5, 5.41) is 5.57. The molecule has 0 aromatic heterocycles. The number of carbonyl (C=O) groups is 3. The lowest BCUT2D eigenvalue weighted by molar-refractivity contribution is -0.124. The molecule has 0 saturated carbocycles. The Morgan fingerprint density at radius 3 is 2.30 bits per heavy atom. The third-order valence-corrected chi connectivity index (χ3v) is 5.13. The molecule has 2 aromatic rings. The Hall–Kier alpha value is -3.22. The van der Waals surface area contributed by atoms with Crippen molar-refractivity contribution in [3.05, 3.63) is 65.5 Å². The van der Waals surface area contributed by atoms with Crippen LogP contribution in [0.15, 0.2) is 48.5 Å². The fourth-order valence-corrected chi connectivity index (χ4v) is 3.37. The van der Waals surface area contributed by atoms with Crippen molar-refractivity contribution in [3.8, 4) is 0 Å². The van der Waals surface area contributed by atoms with E-state index in [1.54, 1.807) is 4.90 Å². The van der Waals surface area contributed by atoms with Gasteiger partial charge in [-0.25, -0.2) is 4.39 Å². The molecule has 0 bridgehead atoms. The summed E-state index contributed by atoms with van der Waals surface area (Å²) in [6.07, 6.45) is 1.45. The van der Waals surface area contributed by atoms with Crippen molar-refractivity contribution in [2.45, 2.75) is 39.3 Å². The van der Waals surface area contributed by atoms with Gasteiger partial charge in [-0.05, 0) is 54.3 Å². The van der Waals surface area contributed by atoms with Gasteiger partial charge in [-0.1, -0.05) is 26.0 Å². The van der Waals surface area contributed by atoms with Gasteiger partial charge in [0, 0.05) is 30.8 Å². The van der Waals surface area contributed by atoms with Crippen LogP contribution in [0.25, 0.3) is 0 Å². The van der Waals surface area contributed by atoms with E-state index >= 15 is 0 Å². The normalized spacial score (nSPS) is 14.7. The van der Waals surface area contributed by atoms with Crippen molar-refractivity contribution in [2.75, 3.05) is 11.4 Å². The second-order valence-electron chi connectivity index (χ2n) is 7.74. The average molecular weight is 411 g/mol. The summed E-state index contributed by atoms with van der Waals surface area (Å²) < 4.78 is 13.0. The topological polar surface area (TPSA) is 78.5 Å². The van der Waals surface area contributed by atoms with Crippen LogP contribution in [0.2, 0.25) is 0 Å². The summed E-state index contributed by atoms with van der Waals surface area (Å²) in [6, 6.07) is 12.0. The molecule has 0 spiro atoms. The molecule has 0 aliphatic carbocycles. The monoisotopic (exact) mass is 411 g/mol. The zero-order valence-corrected chi connectivity index (χ0v) is 17.2. The molecule has 1 heterocycles. The molecule has 1 aliphatic heterocycles. The zero-order valence-electron chi connectivity index (χ0n) is 17.2. The second kappa shape index (κ2) is 9.52. The molecule has 2 N–H and O–H groups in total. The molecule has 1 fully saturated rings. The van der Waals surface area contributed by atoms with E-state index in [9.17, 15) is 18.8 Å². The molecule has 1 aliphatic rings. The third-order valence-electron chi connectivity index (χ3n) is 5.13. The van der Waals surface area contributed by atoms with Crippen LogP contribution < -0.4 is 15.5 Å². The average Bonchev–Trinajstić information content (AvgIpc) is 3.16. The standard InChI is InChI=1S/C23H26FN3O3/c1-15(2)21(26-22(29)17-7-9-18(24)10-8-17)23(30)25-14-16-5-11-19(12-6-16)27-13-3-4-20(27)28/h5-12,15,21H,3-4,13-14H2,1-2H3,(H,25,30)(H,26,29)/t21-/m1/s1. The van der Waals surface area contributed by atoms with Gasteiger partial charge in [-0.15, -0.1) is 0 Å². The highest BCUT2D eigenvalue weighted by Crippen LogP contribution is 2.21. The SMILES string of the molecule is CC(C)[C@@H](NC(=O)c1ccc(F)cc1)C(=O)NCc1ccc(N2CCCC2=O)cc1. The smallest absolute Gasteiger partial charge is 0.251 e. The lowest BCUT2D eigenvalue weighted by Crippen LogP contribution is -2.49. The third kappa shape index (κ3) is 5.23. The highest BCUT2D eigenvalue weighted by Gasteiger charge is 2.25. The molecule has 7 heteroatoms. The predicted octanol–water partition coefficient (Wildman–Crippen LogP) is 3.02. The van der Waals surface area contributed by atoms with Crippen LogP contribution in [0.4, 0.5) is 10.1 Å². The van der Waals surface area contributed by atoms with Gasteiger partial charge in [0.05, 0.1) is 0 Å². The minimum atomic E-state index is -0.718. The molecule has 2 aromatic carbocycles. The number of hydrogen-bond acceptors (Lipinski definition) is 3. The van der Waals surface area contributed by atoms with Gasteiger partial charge in [0.15, 0.2) is 0 Å². The quantitative estimate of drug-likeness (QED) is 0.735. The lowest BCUT2D eigenvalue weighted by atomic mass is 10.0. The minimum Gasteiger partial charge on any atom is -0.350 e.